The number of amides is 2. The predicted octanol–water partition coefficient (Wildman–Crippen LogP) is 5.14. The number of nitrogens with one attached hydrogen (secondary N) is 2. The predicted molar refractivity (Wildman–Crippen MR) is 128 cm³/mol. The number of nitrogens with zero attached hydrogens (tertiary/aromatic N) is 5. The number of carbonyl (C=O) groups is 1. The second-order valence-electron chi connectivity index (χ2n) is 8.08. The molecule has 3 aromatic heterocycles. The fraction of sp³-hybridized carbons (Fsp3) is 0.120. The Morgan fingerprint density at radius 1 is 1.00 bits per heavy atom. The van der Waals surface area contributed by atoms with E-state index in [1.54, 1.807) is 10.9 Å². The molecule has 0 aliphatic heterocycles. The van der Waals surface area contributed by atoms with Crippen LogP contribution in [-0.4, -0.2) is 30.2 Å². The van der Waals surface area contributed by atoms with E-state index < -0.39 is 17.8 Å². The largest absolute Gasteiger partial charge is 0.416 e. The summed E-state index contributed by atoms with van der Waals surface area (Å²) in [6, 6.07) is 15.3. The SMILES string of the molecule is Cn1ncnc1-c1ccn2c(-c3ccc(CNC(=O)Nc4cccc(C(F)(F)F)c4)cc3)cnc2c1. The Labute approximate surface area is 203 Å². The molecule has 3 heterocycles. The Kier molecular flexibility index (Phi) is 5.88. The molecule has 0 saturated carbocycles. The number of rotatable bonds is 5. The molecule has 2 amide bonds. The average molecular weight is 491 g/mol. The van der Waals surface area contributed by atoms with Crippen molar-refractivity contribution in [2.24, 2.45) is 7.05 Å². The minimum Gasteiger partial charge on any atom is -0.334 e. The minimum absolute atomic E-state index is 0.0626. The molecule has 0 aliphatic carbocycles. The van der Waals surface area contributed by atoms with Gasteiger partial charge in [-0.05, 0) is 35.9 Å². The third kappa shape index (κ3) is 4.76. The molecular weight excluding hydrogens is 471 g/mol. The third-order valence-corrected chi connectivity index (χ3v) is 5.63. The Balaban J connectivity index is 1.24. The Hall–Kier alpha value is -4.67. The van der Waals surface area contributed by atoms with Crippen molar-refractivity contribution < 1.29 is 18.0 Å². The molecule has 0 atom stereocenters. The van der Waals surface area contributed by atoms with Crippen molar-refractivity contribution >= 4 is 17.4 Å². The first kappa shape index (κ1) is 23.1. The first-order valence-corrected chi connectivity index (χ1v) is 10.9. The van der Waals surface area contributed by atoms with Gasteiger partial charge in [-0.1, -0.05) is 30.3 Å². The molecule has 5 aromatic rings. The van der Waals surface area contributed by atoms with E-state index in [4.69, 9.17) is 0 Å². The van der Waals surface area contributed by atoms with Crippen LogP contribution in [0.25, 0.3) is 28.3 Å². The van der Waals surface area contributed by atoms with Gasteiger partial charge in [0.25, 0.3) is 0 Å². The number of hydrogen-bond donors (Lipinski definition) is 2. The number of halogens is 3. The summed E-state index contributed by atoms with van der Waals surface area (Å²) >= 11 is 0. The maximum absolute atomic E-state index is 12.8. The molecule has 0 radical (unpaired) electrons. The van der Waals surface area contributed by atoms with Gasteiger partial charge in [0.2, 0.25) is 0 Å². The summed E-state index contributed by atoms with van der Waals surface area (Å²) in [5.41, 5.74) is 3.58. The zero-order valence-electron chi connectivity index (χ0n) is 19.0. The van der Waals surface area contributed by atoms with Crippen molar-refractivity contribution in [3.8, 4) is 22.6 Å². The fourth-order valence-electron chi connectivity index (χ4n) is 3.82. The molecule has 0 aliphatic rings. The van der Waals surface area contributed by atoms with Gasteiger partial charge < -0.3 is 10.6 Å². The van der Waals surface area contributed by atoms with Crippen molar-refractivity contribution in [3.63, 3.8) is 0 Å². The van der Waals surface area contributed by atoms with Gasteiger partial charge in [-0.3, -0.25) is 4.40 Å². The molecule has 0 bridgehead atoms. The van der Waals surface area contributed by atoms with E-state index in [0.717, 1.165) is 46.0 Å². The Morgan fingerprint density at radius 2 is 1.81 bits per heavy atom. The summed E-state index contributed by atoms with van der Waals surface area (Å²) in [5.74, 6) is 0.746. The molecule has 182 valence electrons. The summed E-state index contributed by atoms with van der Waals surface area (Å²) in [4.78, 5) is 20.9. The lowest BCUT2D eigenvalue weighted by Crippen LogP contribution is -2.28. The average Bonchev–Trinajstić information content (AvgIpc) is 3.48. The number of aromatic nitrogens is 5. The fourth-order valence-corrected chi connectivity index (χ4v) is 3.82. The zero-order chi connectivity index (χ0) is 25.3. The molecule has 8 nitrogen and oxygen atoms in total. The van der Waals surface area contributed by atoms with E-state index in [1.807, 2.05) is 54.0 Å². The Bertz CT molecular complexity index is 1540. The van der Waals surface area contributed by atoms with Crippen molar-refractivity contribution in [2.75, 3.05) is 5.32 Å². The normalized spacial score (nSPS) is 11.6. The monoisotopic (exact) mass is 491 g/mol. The van der Waals surface area contributed by atoms with Gasteiger partial charge in [-0.2, -0.15) is 18.3 Å². The lowest BCUT2D eigenvalue weighted by molar-refractivity contribution is -0.137. The van der Waals surface area contributed by atoms with E-state index in [-0.39, 0.29) is 12.2 Å². The molecule has 0 unspecified atom stereocenters. The van der Waals surface area contributed by atoms with Crippen LogP contribution >= 0.6 is 0 Å². The van der Waals surface area contributed by atoms with E-state index >= 15 is 0 Å². The van der Waals surface area contributed by atoms with Crippen LogP contribution in [0.3, 0.4) is 0 Å². The van der Waals surface area contributed by atoms with Gasteiger partial charge in [0.05, 0.1) is 17.5 Å². The highest BCUT2D eigenvalue weighted by Crippen LogP contribution is 2.30. The van der Waals surface area contributed by atoms with Crippen molar-refractivity contribution in [1.29, 1.82) is 0 Å². The molecule has 11 heteroatoms. The molecule has 2 N–H and O–H groups in total. The van der Waals surface area contributed by atoms with E-state index in [1.165, 1.54) is 18.5 Å². The lowest BCUT2D eigenvalue weighted by atomic mass is 10.1. The van der Waals surface area contributed by atoms with Crippen LogP contribution in [0.1, 0.15) is 11.1 Å². The van der Waals surface area contributed by atoms with Crippen molar-refractivity contribution in [1.82, 2.24) is 29.5 Å². The Morgan fingerprint density at radius 3 is 2.53 bits per heavy atom. The van der Waals surface area contributed by atoms with Gasteiger partial charge >= 0.3 is 12.2 Å². The first-order valence-electron chi connectivity index (χ1n) is 10.9. The summed E-state index contributed by atoms with van der Waals surface area (Å²) < 4.78 is 42.2. The summed E-state index contributed by atoms with van der Waals surface area (Å²) in [7, 11) is 1.83. The number of imidazole rings is 1. The minimum atomic E-state index is -4.48. The second kappa shape index (κ2) is 9.17. The van der Waals surface area contributed by atoms with Crippen LogP contribution in [0.4, 0.5) is 23.7 Å². The van der Waals surface area contributed by atoms with Gasteiger partial charge in [-0.15, -0.1) is 0 Å². The van der Waals surface area contributed by atoms with Crippen LogP contribution < -0.4 is 10.6 Å². The highest BCUT2D eigenvalue weighted by atomic mass is 19.4. The molecule has 5 rings (SSSR count). The van der Waals surface area contributed by atoms with Crippen LogP contribution in [0.2, 0.25) is 0 Å². The first-order chi connectivity index (χ1) is 17.3. The number of anilines is 1. The number of aryl methyl sites for hydroxylation is 1. The van der Waals surface area contributed by atoms with Gasteiger partial charge in [0.1, 0.15) is 12.0 Å². The molecule has 0 spiro atoms. The highest BCUT2D eigenvalue weighted by Gasteiger charge is 2.30. The molecule has 2 aromatic carbocycles. The zero-order valence-corrected chi connectivity index (χ0v) is 19.0. The summed E-state index contributed by atoms with van der Waals surface area (Å²) in [6.45, 7) is 0.208. The topological polar surface area (TPSA) is 89.1 Å². The van der Waals surface area contributed by atoms with Crippen LogP contribution in [0.5, 0.6) is 0 Å². The van der Waals surface area contributed by atoms with Crippen LogP contribution in [0, 0.1) is 0 Å². The number of fused-ring (bicyclic) bond motifs is 1. The summed E-state index contributed by atoms with van der Waals surface area (Å²) in [6.07, 6.45) is 0.734. The van der Waals surface area contributed by atoms with E-state index in [2.05, 4.69) is 25.7 Å². The van der Waals surface area contributed by atoms with Crippen LogP contribution in [-0.2, 0) is 19.8 Å². The quantitative estimate of drug-likeness (QED) is 0.357. The maximum Gasteiger partial charge on any atom is 0.416 e. The smallest absolute Gasteiger partial charge is 0.334 e. The number of hydrogen-bond acceptors (Lipinski definition) is 4. The van der Waals surface area contributed by atoms with Crippen molar-refractivity contribution in [3.05, 3.63) is 90.5 Å². The molecule has 36 heavy (non-hydrogen) atoms. The van der Waals surface area contributed by atoms with Gasteiger partial charge in [0.15, 0.2) is 5.82 Å². The second-order valence-corrected chi connectivity index (χ2v) is 8.08. The van der Waals surface area contributed by atoms with Crippen LogP contribution in [0.15, 0.2) is 79.4 Å². The lowest BCUT2D eigenvalue weighted by Gasteiger charge is -2.11. The molecule has 0 saturated heterocycles. The molecule has 0 fully saturated rings. The van der Waals surface area contributed by atoms with E-state index in [0.29, 0.717) is 0 Å². The van der Waals surface area contributed by atoms with Crippen molar-refractivity contribution in [2.45, 2.75) is 12.7 Å². The van der Waals surface area contributed by atoms with E-state index in [9.17, 15) is 18.0 Å². The van der Waals surface area contributed by atoms with Gasteiger partial charge in [-0.25, -0.2) is 19.4 Å². The number of benzene rings is 2. The standard InChI is InChI=1S/C25H20F3N7O/c1-34-23(31-15-32-34)18-9-10-35-21(14-29-22(35)11-18)17-7-5-16(6-8-17)13-30-24(36)33-20-4-2-3-19(12-20)25(26,27)28/h2-12,14-15H,13H2,1H3,(H2,30,33,36). The molecular formula is C25H20F3N7O. The maximum atomic E-state index is 12.8. The number of pyridine rings is 1. The van der Waals surface area contributed by atoms with Gasteiger partial charge in [0, 0.05) is 36.6 Å². The number of urea groups is 1. The number of alkyl halides is 3. The summed E-state index contributed by atoms with van der Waals surface area (Å²) in [5, 5.41) is 9.18. The third-order valence-electron chi connectivity index (χ3n) is 5.63. The number of carbonyl (C=O) groups excluding carboxylic acids is 1. The highest BCUT2D eigenvalue weighted by molar-refractivity contribution is 5.89.